The predicted molar refractivity (Wildman–Crippen MR) is 92.3 cm³/mol. The lowest BCUT2D eigenvalue weighted by Gasteiger charge is -2.22. The summed E-state index contributed by atoms with van der Waals surface area (Å²) < 4.78 is 6.48. The van der Waals surface area contributed by atoms with Gasteiger partial charge in [-0.25, -0.2) is 0 Å². The highest BCUT2D eigenvalue weighted by Crippen LogP contribution is 2.32. The number of benzene rings is 2. The summed E-state index contributed by atoms with van der Waals surface area (Å²) in [4.78, 5) is 0. The van der Waals surface area contributed by atoms with Gasteiger partial charge in [-0.3, -0.25) is 0 Å². The Balaban J connectivity index is 2.46. The van der Waals surface area contributed by atoms with Crippen LogP contribution < -0.4 is 10.1 Å². The van der Waals surface area contributed by atoms with Gasteiger partial charge in [0.05, 0.1) is 13.2 Å². The minimum absolute atomic E-state index is 0.0519. The van der Waals surface area contributed by atoms with Crippen molar-refractivity contribution in [2.24, 2.45) is 0 Å². The van der Waals surface area contributed by atoms with E-state index in [0.717, 1.165) is 39.3 Å². The Morgan fingerprint density at radius 3 is 2.67 bits per heavy atom. The van der Waals surface area contributed by atoms with Gasteiger partial charge in [0.1, 0.15) is 5.75 Å². The van der Waals surface area contributed by atoms with E-state index in [0.29, 0.717) is 0 Å². The Hall–Kier alpha value is -1.03. The molecule has 0 saturated heterocycles. The number of halogens is 2. The number of nitrogens with one attached hydrogen (secondary N) is 1. The molecule has 0 spiro atoms. The first-order valence-corrected chi connectivity index (χ1v) is 8.15. The Morgan fingerprint density at radius 1 is 1.24 bits per heavy atom. The van der Waals surface area contributed by atoms with Crippen LogP contribution in [0, 0.1) is 0 Å². The summed E-state index contributed by atoms with van der Waals surface area (Å²) in [7, 11) is 1.70. The molecule has 21 heavy (non-hydrogen) atoms. The second-order valence-corrected chi connectivity index (χ2v) is 6.18. The second-order valence-electron chi connectivity index (χ2n) is 4.83. The molecule has 0 fully saturated rings. The molecule has 1 unspecified atom stereocenters. The average molecular weight is 369 g/mol. The van der Waals surface area contributed by atoms with Crippen LogP contribution in [0.2, 0.25) is 5.02 Å². The summed E-state index contributed by atoms with van der Waals surface area (Å²) in [5.41, 5.74) is 2.23. The number of rotatable bonds is 6. The maximum atomic E-state index is 6.20. The molecule has 0 aromatic heterocycles. The number of hydrogen-bond acceptors (Lipinski definition) is 2. The fourth-order valence-corrected chi connectivity index (χ4v) is 3.23. The summed E-state index contributed by atoms with van der Waals surface area (Å²) in [5, 5.41) is 4.29. The van der Waals surface area contributed by atoms with E-state index in [-0.39, 0.29) is 6.04 Å². The molecule has 0 saturated carbocycles. The third kappa shape index (κ3) is 4.22. The van der Waals surface area contributed by atoms with E-state index >= 15 is 0 Å². The first kappa shape index (κ1) is 16.3. The zero-order valence-corrected chi connectivity index (χ0v) is 14.5. The molecule has 4 heteroatoms. The van der Waals surface area contributed by atoms with Gasteiger partial charge in [-0.1, -0.05) is 52.7 Å². The molecule has 2 nitrogen and oxygen atoms in total. The van der Waals surface area contributed by atoms with Crippen molar-refractivity contribution >= 4 is 27.5 Å². The van der Waals surface area contributed by atoms with E-state index in [1.165, 1.54) is 0 Å². The molecule has 0 amide bonds. The zero-order valence-electron chi connectivity index (χ0n) is 12.2. The van der Waals surface area contributed by atoms with Gasteiger partial charge in [0.2, 0.25) is 0 Å². The average Bonchev–Trinajstić information content (AvgIpc) is 2.47. The molecule has 0 aliphatic rings. The molecule has 0 bridgehead atoms. The van der Waals surface area contributed by atoms with E-state index in [9.17, 15) is 0 Å². The molecule has 2 aromatic carbocycles. The van der Waals surface area contributed by atoms with Crippen molar-refractivity contribution < 1.29 is 4.74 Å². The van der Waals surface area contributed by atoms with Gasteiger partial charge in [0, 0.05) is 15.1 Å². The summed E-state index contributed by atoms with van der Waals surface area (Å²) in [5.74, 6) is 0.877. The minimum Gasteiger partial charge on any atom is -0.496 e. The molecule has 0 aliphatic heterocycles. The normalized spacial score (nSPS) is 12.2. The van der Waals surface area contributed by atoms with Gasteiger partial charge in [0.15, 0.2) is 0 Å². The largest absolute Gasteiger partial charge is 0.496 e. The van der Waals surface area contributed by atoms with E-state index in [2.05, 4.69) is 40.3 Å². The summed E-state index contributed by atoms with van der Waals surface area (Å²) in [6, 6.07) is 14.1. The number of para-hydroxylation sites is 1. The number of ether oxygens (including phenoxy) is 1. The van der Waals surface area contributed by atoms with E-state index in [1.54, 1.807) is 7.11 Å². The van der Waals surface area contributed by atoms with Crippen molar-refractivity contribution in [3.05, 3.63) is 63.1 Å². The van der Waals surface area contributed by atoms with Crippen molar-refractivity contribution in [3.63, 3.8) is 0 Å². The fourth-order valence-electron chi connectivity index (χ4n) is 2.34. The zero-order chi connectivity index (χ0) is 15.2. The highest BCUT2D eigenvalue weighted by atomic mass is 79.9. The van der Waals surface area contributed by atoms with Gasteiger partial charge in [0.25, 0.3) is 0 Å². The first-order chi connectivity index (χ1) is 10.2. The molecule has 1 atom stereocenters. The SMILES string of the molecule is CCCNC(c1cc(Cl)cc(Br)c1)c1ccccc1OC. The molecule has 2 aromatic rings. The Morgan fingerprint density at radius 2 is 2.00 bits per heavy atom. The Bertz CT molecular complexity index is 583. The number of methoxy groups -OCH3 is 1. The van der Waals surface area contributed by atoms with Crippen LogP contribution in [0.5, 0.6) is 5.75 Å². The van der Waals surface area contributed by atoms with Crippen LogP contribution in [0.15, 0.2) is 46.9 Å². The maximum Gasteiger partial charge on any atom is 0.123 e. The van der Waals surface area contributed by atoms with Crippen LogP contribution in [0.1, 0.15) is 30.5 Å². The minimum atomic E-state index is 0.0519. The van der Waals surface area contributed by atoms with Gasteiger partial charge in [-0.05, 0) is 42.8 Å². The third-order valence-corrected chi connectivity index (χ3v) is 3.94. The fraction of sp³-hybridized carbons (Fsp3) is 0.294. The second kappa shape index (κ2) is 7.83. The quantitative estimate of drug-likeness (QED) is 0.756. The van der Waals surface area contributed by atoms with Gasteiger partial charge in [-0.15, -0.1) is 0 Å². The van der Waals surface area contributed by atoms with Gasteiger partial charge >= 0.3 is 0 Å². The van der Waals surface area contributed by atoms with Crippen molar-refractivity contribution in [3.8, 4) is 5.75 Å². The molecular formula is C17H19BrClNO. The van der Waals surface area contributed by atoms with Crippen LogP contribution >= 0.6 is 27.5 Å². The van der Waals surface area contributed by atoms with E-state index in [4.69, 9.17) is 16.3 Å². The van der Waals surface area contributed by atoms with Gasteiger partial charge < -0.3 is 10.1 Å². The monoisotopic (exact) mass is 367 g/mol. The highest BCUT2D eigenvalue weighted by molar-refractivity contribution is 9.10. The van der Waals surface area contributed by atoms with Crippen LogP contribution in [-0.4, -0.2) is 13.7 Å². The van der Waals surface area contributed by atoms with Crippen molar-refractivity contribution in [1.29, 1.82) is 0 Å². The molecule has 112 valence electrons. The topological polar surface area (TPSA) is 21.3 Å². The predicted octanol–water partition coefficient (Wildman–Crippen LogP) is 5.20. The third-order valence-electron chi connectivity index (χ3n) is 3.27. The van der Waals surface area contributed by atoms with Crippen molar-refractivity contribution in [1.82, 2.24) is 5.32 Å². The number of hydrogen-bond donors (Lipinski definition) is 1. The smallest absolute Gasteiger partial charge is 0.123 e. The van der Waals surface area contributed by atoms with E-state index in [1.807, 2.05) is 30.3 Å². The molecular weight excluding hydrogens is 350 g/mol. The standard InChI is InChI=1S/C17H19BrClNO/c1-3-8-20-17(12-9-13(18)11-14(19)10-12)15-6-4-5-7-16(15)21-2/h4-7,9-11,17,20H,3,8H2,1-2H3. The Kier molecular flexibility index (Phi) is 6.09. The highest BCUT2D eigenvalue weighted by Gasteiger charge is 2.18. The lowest BCUT2D eigenvalue weighted by atomic mass is 9.97. The van der Waals surface area contributed by atoms with Crippen LogP contribution in [0.25, 0.3) is 0 Å². The molecule has 0 radical (unpaired) electrons. The lowest BCUT2D eigenvalue weighted by Crippen LogP contribution is -2.23. The lowest BCUT2D eigenvalue weighted by molar-refractivity contribution is 0.404. The summed E-state index contributed by atoms with van der Waals surface area (Å²) in [6.45, 7) is 3.08. The van der Waals surface area contributed by atoms with Crippen molar-refractivity contribution in [2.75, 3.05) is 13.7 Å². The van der Waals surface area contributed by atoms with Gasteiger partial charge in [-0.2, -0.15) is 0 Å². The van der Waals surface area contributed by atoms with Crippen LogP contribution in [0.3, 0.4) is 0 Å². The molecule has 0 heterocycles. The van der Waals surface area contributed by atoms with Crippen LogP contribution in [-0.2, 0) is 0 Å². The summed E-state index contributed by atoms with van der Waals surface area (Å²) in [6.07, 6.45) is 1.06. The molecule has 0 aliphatic carbocycles. The van der Waals surface area contributed by atoms with Crippen LogP contribution in [0.4, 0.5) is 0 Å². The molecule has 2 rings (SSSR count). The summed E-state index contributed by atoms with van der Waals surface area (Å²) >= 11 is 9.71. The Labute approximate surface area is 139 Å². The first-order valence-electron chi connectivity index (χ1n) is 6.98. The molecule has 1 N–H and O–H groups in total. The maximum absolute atomic E-state index is 6.20. The van der Waals surface area contributed by atoms with Crippen molar-refractivity contribution in [2.45, 2.75) is 19.4 Å². The van der Waals surface area contributed by atoms with E-state index < -0.39 is 0 Å².